The maximum absolute atomic E-state index is 6.15. The predicted molar refractivity (Wildman–Crippen MR) is 85.1 cm³/mol. The summed E-state index contributed by atoms with van der Waals surface area (Å²) in [7, 11) is 0. The van der Waals surface area contributed by atoms with Crippen LogP contribution in [-0.2, 0) is 0 Å². The normalized spacial score (nSPS) is 23.2. The number of alkyl halides is 1. The number of anilines is 1. The smallest absolute Gasteiger partial charge is 0.136 e. The Bertz CT molecular complexity index is 602. The van der Waals surface area contributed by atoms with E-state index in [4.69, 9.17) is 11.6 Å². The first-order valence-electron chi connectivity index (χ1n) is 6.58. The molecule has 1 fully saturated rings. The predicted octanol–water partition coefficient (Wildman–Crippen LogP) is 4.45. The van der Waals surface area contributed by atoms with Crippen LogP contribution >= 0.6 is 27.5 Å². The molecule has 0 radical (unpaired) electrons. The molecule has 0 aliphatic carbocycles. The van der Waals surface area contributed by atoms with E-state index in [9.17, 15) is 0 Å². The summed E-state index contributed by atoms with van der Waals surface area (Å²) in [5, 5.41) is 2.40. The number of rotatable bonds is 2. The van der Waals surface area contributed by atoms with E-state index in [0.29, 0.717) is 17.8 Å². The Morgan fingerprint density at radius 3 is 3.00 bits per heavy atom. The maximum Gasteiger partial charge on any atom is 0.136 e. The number of hydrogen-bond donors (Lipinski definition) is 0. The van der Waals surface area contributed by atoms with E-state index in [1.54, 1.807) is 0 Å². The number of hydrogen-bond acceptors (Lipinski definition) is 2. The van der Waals surface area contributed by atoms with Gasteiger partial charge in [0.25, 0.3) is 0 Å². The third-order valence-corrected chi connectivity index (χ3v) is 5.05. The van der Waals surface area contributed by atoms with Crippen molar-refractivity contribution in [3.05, 3.63) is 34.9 Å². The molecule has 0 N–H and O–H groups in total. The number of pyridine rings is 1. The van der Waals surface area contributed by atoms with Crippen LogP contribution in [0, 0.1) is 5.92 Å². The van der Waals surface area contributed by atoms with Gasteiger partial charge in [0.2, 0.25) is 0 Å². The average Bonchev–Trinajstić information content (AvgIpc) is 2.79. The molecule has 1 saturated heterocycles. The van der Waals surface area contributed by atoms with Gasteiger partial charge in [0.15, 0.2) is 0 Å². The monoisotopic (exact) mass is 338 g/mol. The lowest BCUT2D eigenvalue weighted by Gasteiger charge is -2.27. The van der Waals surface area contributed by atoms with Gasteiger partial charge in [-0.25, -0.2) is 4.98 Å². The number of halogens is 2. The van der Waals surface area contributed by atoms with Crippen LogP contribution in [-0.4, -0.2) is 23.5 Å². The van der Waals surface area contributed by atoms with Crippen LogP contribution in [0.5, 0.6) is 0 Å². The molecule has 0 spiro atoms. The number of aromatic nitrogens is 1. The molecule has 0 saturated carbocycles. The van der Waals surface area contributed by atoms with Gasteiger partial charge in [-0.2, -0.15) is 0 Å². The second-order valence-electron chi connectivity index (χ2n) is 5.15. The molecule has 19 heavy (non-hydrogen) atoms. The molecule has 2 heterocycles. The van der Waals surface area contributed by atoms with E-state index in [0.717, 1.165) is 16.8 Å². The second kappa shape index (κ2) is 5.29. The van der Waals surface area contributed by atoms with Gasteiger partial charge in [-0.1, -0.05) is 35.0 Å². The molecular formula is C15H16BrClN2. The summed E-state index contributed by atoms with van der Waals surface area (Å²) in [5.41, 5.74) is 0. The Morgan fingerprint density at radius 2 is 2.21 bits per heavy atom. The highest BCUT2D eigenvalue weighted by molar-refractivity contribution is 9.10. The lowest BCUT2D eigenvalue weighted by molar-refractivity contribution is 0.549. The molecular weight excluding hydrogens is 324 g/mol. The molecule has 1 aromatic carbocycles. The summed E-state index contributed by atoms with van der Waals surface area (Å²) in [5.74, 6) is 2.35. The van der Waals surface area contributed by atoms with Crippen molar-refractivity contribution in [2.45, 2.75) is 19.4 Å². The van der Waals surface area contributed by atoms with Crippen molar-refractivity contribution in [2.24, 2.45) is 5.92 Å². The highest BCUT2D eigenvalue weighted by Gasteiger charge is 2.32. The number of benzene rings is 1. The van der Waals surface area contributed by atoms with Crippen molar-refractivity contribution in [3.8, 4) is 0 Å². The van der Waals surface area contributed by atoms with E-state index in [-0.39, 0.29) is 0 Å². The van der Waals surface area contributed by atoms with Crippen LogP contribution in [0.25, 0.3) is 10.8 Å². The van der Waals surface area contributed by atoms with Gasteiger partial charge in [-0.05, 0) is 24.5 Å². The lowest BCUT2D eigenvalue weighted by atomic mass is 10.0. The first-order chi connectivity index (χ1) is 9.22. The third kappa shape index (κ3) is 2.23. The Labute approximate surface area is 126 Å². The van der Waals surface area contributed by atoms with Crippen molar-refractivity contribution < 1.29 is 0 Å². The van der Waals surface area contributed by atoms with Gasteiger partial charge in [-0.3, -0.25) is 0 Å². The number of fused-ring (bicyclic) bond motifs is 1. The topological polar surface area (TPSA) is 16.1 Å². The highest BCUT2D eigenvalue weighted by Crippen LogP contribution is 2.35. The summed E-state index contributed by atoms with van der Waals surface area (Å²) in [6.45, 7) is 3.31. The Balaban J connectivity index is 2.13. The van der Waals surface area contributed by atoms with Gasteiger partial charge < -0.3 is 4.90 Å². The van der Waals surface area contributed by atoms with Crippen LogP contribution in [0.1, 0.15) is 13.3 Å². The third-order valence-electron chi connectivity index (χ3n) is 4.04. The van der Waals surface area contributed by atoms with Gasteiger partial charge in [0.1, 0.15) is 5.82 Å². The molecule has 1 aliphatic heterocycles. The van der Waals surface area contributed by atoms with Gasteiger partial charge in [-0.15, -0.1) is 11.6 Å². The minimum atomic E-state index is 0.388. The second-order valence-corrected chi connectivity index (χ2v) is 6.31. The minimum Gasteiger partial charge on any atom is -0.352 e. The zero-order valence-electron chi connectivity index (χ0n) is 10.8. The van der Waals surface area contributed by atoms with Crippen LogP contribution in [0.4, 0.5) is 5.82 Å². The summed E-state index contributed by atoms with van der Waals surface area (Å²) >= 11 is 9.76. The Hall–Kier alpha value is -0.800. The summed E-state index contributed by atoms with van der Waals surface area (Å²) in [6, 6.07) is 8.71. The fraction of sp³-hybridized carbons (Fsp3) is 0.400. The van der Waals surface area contributed by atoms with Crippen LogP contribution in [0.3, 0.4) is 0 Å². The van der Waals surface area contributed by atoms with E-state index in [1.807, 2.05) is 6.20 Å². The Kier molecular flexibility index (Phi) is 3.68. The molecule has 1 aliphatic rings. The Morgan fingerprint density at radius 1 is 1.37 bits per heavy atom. The van der Waals surface area contributed by atoms with Crippen molar-refractivity contribution in [2.75, 3.05) is 17.3 Å². The lowest BCUT2D eigenvalue weighted by Crippen LogP contribution is -2.34. The van der Waals surface area contributed by atoms with Crippen molar-refractivity contribution >= 4 is 44.1 Å². The molecule has 4 heteroatoms. The summed E-state index contributed by atoms with van der Waals surface area (Å²) in [6.07, 6.45) is 3.07. The van der Waals surface area contributed by atoms with Crippen molar-refractivity contribution in [3.63, 3.8) is 0 Å². The van der Waals surface area contributed by atoms with E-state index >= 15 is 0 Å². The highest BCUT2D eigenvalue weighted by atomic mass is 79.9. The zero-order valence-corrected chi connectivity index (χ0v) is 13.2. The number of nitrogens with zero attached hydrogens (tertiary/aromatic N) is 2. The average molecular weight is 340 g/mol. The molecule has 100 valence electrons. The molecule has 3 rings (SSSR count). The summed E-state index contributed by atoms with van der Waals surface area (Å²) < 4.78 is 1.11. The van der Waals surface area contributed by atoms with Crippen LogP contribution in [0.15, 0.2) is 34.9 Å². The standard InChI is InChI=1S/C15H16BrClN2/c1-10-6-8-19(14(10)9-17)15-12-3-2-4-13(16)11(12)5-7-18-15/h2-5,7,10,14H,6,8-9H2,1H3. The van der Waals surface area contributed by atoms with E-state index in [2.05, 4.69) is 57.0 Å². The minimum absolute atomic E-state index is 0.388. The van der Waals surface area contributed by atoms with Crippen LogP contribution < -0.4 is 4.90 Å². The molecule has 2 unspecified atom stereocenters. The SMILES string of the molecule is CC1CCN(c2nccc3c(Br)cccc23)C1CCl. The first-order valence-corrected chi connectivity index (χ1v) is 7.91. The molecule has 2 nitrogen and oxygen atoms in total. The largest absolute Gasteiger partial charge is 0.352 e. The first kappa shape index (κ1) is 13.2. The van der Waals surface area contributed by atoms with Gasteiger partial charge >= 0.3 is 0 Å². The van der Waals surface area contributed by atoms with Gasteiger partial charge in [0.05, 0.1) is 0 Å². The molecule has 2 aromatic rings. The fourth-order valence-corrected chi connectivity index (χ4v) is 3.86. The molecule has 0 amide bonds. The fourth-order valence-electron chi connectivity index (χ4n) is 2.89. The molecule has 1 aromatic heterocycles. The quantitative estimate of drug-likeness (QED) is 0.751. The van der Waals surface area contributed by atoms with Crippen molar-refractivity contribution in [1.82, 2.24) is 4.98 Å². The summed E-state index contributed by atoms with van der Waals surface area (Å²) in [4.78, 5) is 6.98. The van der Waals surface area contributed by atoms with Crippen LogP contribution in [0.2, 0.25) is 0 Å². The van der Waals surface area contributed by atoms with Crippen molar-refractivity contribution in [1.29, 1.82) is 0 Å². The molecule has 2 atom stereocenters. The zero-order chi connectivity index (χ0) is 13.4. The van der Waals surface area contributed by atoms with Gasteiger partial charge in [0, 0.05) is 39.9 Å². The van der Waals surface area contributed by atoms with E-state index in [1.165, 1.54) is 17.2 Å². The molecule has 0 bridgehead atoms. The maximum atomic E-state index is 6.15. The van der Waals surface area contributed by atoms with E-state index < -0.39 is 0 Å².